The van der Waals surface area contributed by atoms with Gasteiger partial charge in [0.2, 0.25) is 0 Å². The number of nitrogens with zero attached hydrogens (tertiary/aromatic N) is 1. The van der Waals surface area contributed by atoms with Gasteiger partial charge in [0.25, 0.3) is 5.91 Å². The van der Waals surface area contributed by atoms with Crippen LogP contribution in [0.2, 0.25) is 0 Å². The Morgan fingerprint density at radius 2 is 2.06 bits per heavy atom. The van der Waals surface area contributed by atoms with Gasteiger partial charge < -0.3 is 10.0 Å². The molecule has 0 aliphatic carbocycles. The van der Waals surface area contributed by atoms with Gasteiger partial charge >= 0.3 is 0 Å². The van der Waals surface area contributed by atoms with Crippen LogP contribution in [0.4, 0.5) is 0 Å². The summed E-state index contributed by atoms with van der Waals surface area (Å²) in [7, 11) is 0. The van der Waals surface area contributed by atoms with E-state index in [9.17, 15) is 9.90 Å². The van der Waals surface area contributed by atoms with Gasteiger partial charge in [-0.25, -0.2) is 0 Å². The van der Waals surface area contributed by atoms with Gasteiger partial charge in [-0.1, -0.05) is 12.1 Å². The van der Waals surface area contributed by atoms with Gasteiger partial charge in [0.1, 0.15) is 0 Å². The fraction of sp³-hybridized carbons (Fsp3) is 0.462. The SMILES string of the molecule is Cc1cccc(C(=O)N2CCC(O)CC2)c1I. The number of rotatable bonds is 1. The number of likely N-dealkylation sites (tertiary alicyclic amines) is 1. The molecule has 1 N–H and O–H groups in total. The summed E-state index contributed by atoms with van der Waals surface area (Å²) in [6, 6.07) is 5.81. The van der Waals surface area contributed by atoms with Gasteiger partial charge in [0.05, 0.1) is 11.7 Å². The van der Waals surface area contributed by atoms with Crippen molar-refractivity contribution in [3.8, 4) is 0 Å². The Labute approximate surface area is 115 Å². The summed E-state index contributed by atoms with van der Waals surface area (Å²) < 4.78 is 1.03. The van der Waals surface area contributed by atoms with Crippen molar-refractivity contribution in [1.82, 2.24) is 4.90 Å². The van der Waals surface area contributed by atoms with E-state index in [-0.39, 0.29) is 12.0 Å². The first kappa shape index (κ1) is 12.8. The highest BCUT2D eigenvalue weighted by Gasteiger charge is 2.23. The van der Waals surface area contributed by atoms with Crippen molar-refractivity contribution >= 4 is 28.5 Å². The highest BCUT2D eigenvalue weighted by Crippen LogP contribution is 2.20. The van der Waals surface area contributed by atoms with Crippen LogP contribution in [0.5, 0.6) is 0 Å². The monoisotopic (exact) mass is 345 g/mol. The van der Waals surface area contributed by atoms with Crippen molar-refractivity contribution in [2.24, 2.45) is 0 Å². The Kier molecular flexibility index (Phi) is 4.04. The molecule has 0 aromatic heterocycles. The van der Waals surface area contributed by atoms with E-state index in [0.29, 0.717) is 25.9 Å². The number of aliphatic hydroxyl groups is 1. The van der Waals surface area contributed by atoms with Crippen LogP contribution < -0.4 is 0 Å². The number of aryl methyl sites for hydroxylation is 1. The molecular formula is C13H16INO2. The Morgan fingerprint density at radius 1 is 1.41 bits per heavy atom. The summed E-state index contributed by atoms with van der Waals surface area (Å²) in [6.07, 6.45) is 1.14. The standard InChI is InChI=1S/C13H16INO2/c1-9-3-2-4-11(12(9)14)13(17)15-7-5-10(16)6-8-15/h2-4,10,16H,5-8H2,1H3. The average molecular weight is 345 g/mol. The molecule has 1 aliphatic heterocycles. The second-order valence-electron chi connectivity index (χ2n) is 4.46. The molecule has 0 spiro atoms. The van der Waals surface area contributed by atoms with Gasteiger partial charge in [-0.15, -0.1) is 0 Å². The fourth-order valence-electron chi connectivity index (χ4n) is 2.05. The molecule has 3 nitrogen and oxygen atoms in total. The third kappa shape index (κ3) is 2.80. The summed E-state index contributed by atoms with van der Waals surface area (Å²) in [4.78, 5) is 14.2. The van der Waals surface area contributed by atoms with Crippen LogP contribution in [0.3, 0.4) is 0 Å². The number of hydrogen-bond acceptors (Lipinski definition) is 2. The molecule has 1 amide bonds. The van der Waals surface area contributed by atoms with E-state index in [2.05, 4.69) is 22.6 Å². The lowest BCUT2D eigenvalue weighted by Gasteiger charge is -2.30. The lowest BCUT2D eigenvalue weighted by Crippen LogP contribution is -2.40. The van der Waals surface area contributed by atoms with Crippen LogP contribution in [0.15, 0.2) is 18.2 Å². The van der Waals surface area contributed by atoms with Crippen molar-refractivity contribution in [3.05, 3.63) is 32.9 Å². The molecule has 0 unspecified atom stereocenters. The maximum atomic E-state index is 12.3. The zero-order valence-corrected chi connectivity index (χ0v) is 12.0. The van der Waals surface area contributed by atoms with Crippen molar-refractivity contribution in [1.29, 1.82) is 0 Å². The topological polar surface area (TPSA) is 40.5 Å². The molecule has 92 valence electrons. The first-order chi connectivity index (χ1) is 8.09. The third-order valence-electron chi connectivity index (χ3n) is 3.17. The van der Waals surface area contributed by atoms with Crippen molar-refractivity contribution in [2.45, 2.75) is 25.9 Å². The fourth-order valence-corrected chi connectivity index (χ4v) is 2.64. The predicted molar refractivity (Wildman–Crippen MR) is 75.0 cm³/mol. The highest BCUT2D eigenvalue weighted by atomic mass is 127. The van der Waals surface area contributed by atoms with Crippen LogP contribution in [0.1, 0.15) is 28.8 Å². The van der Waals surface area contributed by atoms with E-state index in [0.717, 1.165) is 14.7 Å². The maximum Gasteiger partial charge on any atom is 0.254 e. The number of amides is 1. The van der Waals surface area contributed by atoms with Gasteiger partial charge in [0, 0.05) is 16.7 Å². The second-order valence-corrected chi connectivity index (χ2v) is 5.54. The zero-order valence-electron chi connectivity index (χ0n) is 9.82. The maximum absolute atomic E-state index is 12.3. The highest BCUT2D eigenvalue weighted by molar-refractivity contribution is 14.1. The molecule has 1 aromatic rings. The summed E-state index contributed by atoms with van der Waals surface area (Å²) in [5.74, 6) is 0.0880. The number of halogens is 1. The minimum Gasteiger partial charge on any atom is -0.393 e. The number of carbonyl (C=O) groups excluding carboxylic acids is 1. The third-order valence-corrected chi connectivity index (χ3v) is 4.61. The van der Waals surface area contributed by atoms with Gasteiger partial charge in [-0.3, -0.25) is 4.79 Å². The molecule has 1 aromatic carbocycles. The summed E-state index contributed by atoms with van der Waals surface area (Å²) in [6.45, 7) is 3.33. The smallest absolute Gasteiger partial charge is 0.254 e. The molecule has 2 rings (SSSR count). The number of aliphatic hydroxyl groups excluding tert-OH is 1. The quantitative estimate of drug-likeness (QED) is 0.793. The molecule has 0 atom stereocenters. The molecule has 4 heteroatoms. The number of benzene rings is 1. The van der Waals surface area contributed by atoms with Gasteiger partial charge in [-0.2, -0.15) is 0 Å². The van der Waals surface area contributed by atoms with E-state index < -0.39 is 0 Å². The Hall–Kier alpha value is -0.620. The molecule has 0 radical (unpaired) electrons. The Bertz CT molecular complexity index is 425. The summed E-state index contributed by atoms with van der Waals surface area (Å²) in [5.41, 5.74) is 1.91. The van der Waals surface area contributed by atoms with Crippen LogP contribution >= 0.6 is 22.6 Å². The van der Waals surface area contributed by atoms with Crippen molar-refractivity contribution < 1.29 is 9.90 Å². The molecule has 1 aliphatic rings. The van der Waals surface area contributed by atoms with Gasteiger partial charge in [0.15, 0.2) is 0 Å². The van der Waals surface area contributed by atoms with E-state index >= 15 is 0 Å². The Balaban J connectivity index is 2.17. The zero-order chi connectivity index (χ0) is 12.4. The average Bonchev–Trinajstić information content (AvgIpc) is 2.33. The van der Waals surface area contributed by atoms with E-state index in [1.807, 2.05) is 30.0 Å². The molecule has 1 heterocycles. The lowest BCUT2D eigenvalue weighted by atomic mass is 10.1. The van der Waals surface area contributed by atoms with E-state index in [1.54, 1.807) is 0 Å². The Morgan fingerprint density at radius 3 is 2.71 bits per heavy atom. The molecular weight excluding hydrogens is 329 g/mol. The molecule has 1 saturated heterocycles. The normalized spacial score (nSPS) is 17.2. The molecule has 1 fully saturated rings. The first-order valence-corrected chi connectivity index (χ1v) is 6.90. The molecule has 0 saturated carbocycles. The van der Waals surface area contributed by atoms with E-state index in [1.165, 1.54) is 0 Å². The van der Waals surface area contributed by atoms with E-state index in [4.69, 9.17) is 0 Å². The van der Waals surface area contributed by atoms with Crippen LogP contribution in [0, 0.1) is 10.5 Å². The van der Waals surface area contributed by atoms with Gasteiger partial charge in [-0.05, 0) is 54.0 Å². The largest absolute Gasteiger partial charge is 0.393 e. The number of hydrogen-bond donors (Lipinski definition) is 1. The van der Waals surface area contributed by atoms with Crippen LogP contribution in [-0.2, 0) is 0 Å². The van der Waals surface area contributed by atoms with Crippen LogP contribution in [0.25, 0.3) is 0 Å². The first-order valence-electron chi connectivity index (χ1n) is 5.82. The molecule has 17 heavy (non-hydrogen) atoms. The lowest BCUT2D eigenvalue weighted by molar-refractivity contribution is 0.0545. The minimum absolute atomic E-state index is 0.0880. The predicted octanol–water partition coefficient (Wildman–Crippen LogP) is 2.20. The van der Waals surface area contributed by atoms with Crippen molar-refractivity contribution in [3.63, 3.8) is 0 Å². The second kappa shape index (κ2) is 5.35. The molecule has 0 bridgehead atoms. The summed E-state index contributed by atoms with van der Waals surface area (Å²) in [5, 5.41) is 9.44. The number of piperidine rings is 1. The minimum atomic E-state index is -0.240. The van der Waals surface area contributed by atoms with Crippen molar-refractivity contribution in [2.75, 3.05) is 13.1 Å². The summed E-state index contributed by atoms with van der Waals surface area (Å²) >= 11 is 2.22. The number of carbonyl (C=O) groups is 1. The van der Waals surface area contributed by atoms with Crippen LogP contribution in [-0.4, -0.2) is 35.1 Å².